The van der Waals surface area contributed by atoms with Crippen molar-refractivity contribution < 1.29 is 4.79 Å². The van der Waals surface area contributed by atoms with Gasteiger partial charge in [0.25, 0.3) is 5.91 Å². The number of nitrogens with one attached hydrogen (secondary N) is 1. The van der Waals surface area contributed by atoms with Gasteiger partial charge in [-0.3, -0.25) is 4.79 Å². The van der Waals surface area contributed by atoms with Crippen LogP contribution in [0, 0.1) is 6.92 Å². The van der Waals surface area contributed by atoms with Gasteiger partial charge in [-0.1, -0.05) is 35.9 Å². The molecular formula is C25H24N8O. The van der Waals surface area contributed by atoms with Crippen LogP contribution >= 0.6 is 0 Å². The summed E-state index contributed by atoms with van der Waals surface area (Å²) in [6, 6.07) is 13.8. The molecule has 0 saturated carbocycles. The van der Waals surface area contributed by atoms with Crippen LogP contribution in [0.15, 0.2) is 67.5 Å². The Morgan fingerprint density at radius 3 is 2.68 bits per heavy atom. The number of aryl methyl sites for hydroxylation is 1. The van der Waals surface area contributed by atoms with Gasteiger partial charge in [0.15, 0.2) is 11.5 Å². The minimum atomic E-state index is -0.211. The first kappa shape index (κ1) is 21.4. The molecule has 5 rings (SSSR count). The molecule has 1 aromatic carbocycles. The molecule has 0 atom stereocenters. The van der Waals surface area contributed by atoms with Gasteiger partial charge in [-0.15, -0.1) is 0 Å². The van der Waals surface area contributed by atoms with Gasteiger partial charge in [0.05, 0.1) is 22.8 Å². The van der Waals surface area contributed by atoms with E-state index in [1.807, 2.05) is 67.9 Å². The molecule has 0 aliphatic carbocycles. The van der Waals surface area contributed by atoms with Crippen LogP contribution in [0.25, 0.3) is 28.1 Å². The van der Waals surface area contributed by atoms with Crippen molar-refractivity contribution in [1.82, 2.24) is 39.8 Å². The molecule has 4 aromatic heterocycles. The highest BCUT2D eigenvalue weighted by Crippen LogP contribution is 2.27. The molecule has 0 aliphatic heterocycles. The van der Waals surface area contributed by atoms with E-state index < -0.39 is 0 Å². The summed E-state index contributed by atoms with van der Waals surface area (Å²) in [6.07, 6.45) is 6.42. The number of hydrogen-bond acceptors (Lipinski definition) is 6. The maximum atomic E-state index is 13.4. The van der Waals surface area contributed by atoms with E-state index in [2.05, 4.69) is 25.5 Å². The third kappa shape index (κ3) is 4.03. The van der Waals surface area contributed by atoms with Crippen LogP contribution in [-0.2, 0) is 6.54 Å². The number of fused-ring (bicyclic) bond motifs is 1. The molecule has 4 heterocycles. The summed E-state index contributed by atoms with van der Waals surface area (Å²) in [5.41, 5.74) is 4.86. The van der Waals surface area contributed by atoms with Crippen molar-refractivity contribution in [3.63, 3.8) is 0 Å². The molecule has 9 nitrogen and oxygen atoms in total. The predicted octanol–water partition coefficient (Wildman–Crippen LogP) is 3.89. The van der Waals surface area contributed by atoms with E-state index in [4.69, 9.17) is 4.98 Å². The van der Waals surface area contributed by atoms with E-state index in [-0.39, 0.29) is 18.5 Å². The first-order chi connectivity index (χ1) is 16.5. The fourth-order valence-corrected chi connectivity index (χ4v) is 3.82. The zero-order chi connectivity index (χ0) is 23.7. The summed E-state index contributed by atoms with van der Waals surface area (Å²) >= 11 is 0. The fourth-order valence-electron chi connectivity index (χ4n) is 3.82. The molecule has 0 saturated heterocycles. The molecule has 9 heteroatoms. The van der Waals surface area contributed by atoms with Gasteiger partial charge in [0, 0.05) is 29.9 Å². The second-order valence-electron chi connectivity index (χ2n) is 8.35. The lowest BCUT2D eigenvalue weighted by molar-refractivity contribution is 0.0952. The molecule has 0 radical (unpaired) electrons. The van der Waals surface area contributed by atoms with Crippen molar-refractivity contribution >= 4 is 16.9 Å². The quantitative estimate of drug-likeness (QED) is 0.419. The monoisotopic (exact) mass is 452 g/mol. The Balaban J connectivity index is 1.52. The van der Waals surface area contributed by atoms with Gasteiger partial charge in [-0.2, -0.15) is 10.2 Å². The Hall–Kier alpha value is -4.40. The number of nitrogens with zero attached hydrogens (tertiary/aromatic N) is 7. The lowest BCUT2D eigenvalue weighted by Gasteiger charge is -2.12. The van der Waals surface area contributed by atoms with Crippen LogP contribution in [0.4, 0.5) is 0 Å². The average Bonchev–Trinajstić information content (AvgIpc) is 3.53. The van der Waals surface area contributed by atoms with Gasteiger partial charge in [0.2, 0.25) is 0 Å². The number of carbonyl (C=O) groups is 1. The van der Waals surface area contributed by atoms with Crippen LogP contribution in [0.3, 0.4) is 0 Å². The van der Waals surface area contributed by atoms with Crippen LogP contribution in [0.5, 0.6) is 0 Å². The zero-order valence-electron chi connectivity index (χ0n) is 19.2. The molecule has 1 amide bonds. The van der Waals surface area contributed by atoms with Crippen molar-refractivity contribution in [3.8, 4) is 17.1 Å². The molecule has 0 fully saturated rings. The summed E-state index contributed by atoms with van der Waals surface area (Å²) in [5, 5.41) is 12.4. The SMILES string of the molecule is Cc1ccc(-c2cc(C(=O)NCc3cccnc3-n3cncn3)c3cnn(C(C)C)c3n2)cc1. The highest BCUT2D eigenvalue weighted by Gasteiger charge is 2.19. The highest BCUT2D eigenvalue weighted by molar-refractivity contribution is 6.06. The molecule has 170 valence electrons. The Bertz CT molecular complexity index is 1450. The summed E-state index contributed by atoms with van der Waals surface area (Å²) in [6.45, 7) is 6.41. The number of carbonyl (C=O) groups excluding carboxylic acids is 1. The summed E-state index contributed by atoms with van der Waals surface area (Å²) in [4.78, 5) is 26.6. The molecule has 0 unspecified atom stereocenters. The number of hydrogen-bond donors (Lipinski definition) is 1. The van der Waals surface area contributed by atoms with E-state index in [9.17, 15) is 4.79 Å². The maximum absolute atomic E-state index is 13.4. The Morgan fingerprint density at radius 2 is 1.94 bits per heavy atom. The highest BCUT2D eigenvalue weighted by atomic mass is 16.1. The minimum Gasteiger partial charge on any atom is -0.348 e. The van der Waals surface area contributed by atoms with E-state index in [0.717, 1.165) is 22.4 Å². The third-order valence-corrected chi connectivity index (χ3v) is 5.59. The molecule has 5 aromatic rings. The van der Waals surface area contributed by atoms with E-state index in [0.29, 0.717) is 22.4 Å². The molecular weight excluding hydrogens is 428 g/mol. The second-order valence-corrected chi connectivity index (χ2v) is 8.35. The second kappa shape index (κ2) is 8.86. The van der Waals surface area contributed by atoms with Crippen LogP contribution in [0.1, 0.15) is 41.4 Å². The summed E-state index contributed by atoms with van der Waals surface area (Å²) in [7, 11) is 0. The standard InChI is InChI=1S/C25H24N8O/c1-16(2)33-24-21(13-29-33)20(11-22(31-24)18-8-6-17(3)7-9-18)25(34)28-12-19-5-4-10-27-23(19)32-15-26-14-30-32/h4-11,13-16H,12H2,1-3H3,(H,28,34). The van der Waals surface area contributed by atoms with Crippen molar-refractivity contribution in [2.75, 3.05) is 0 Å². The van der Waals surface area contributed by atoms with Gasteiger partial charge in [-0.25, -0.2) is 24.3 Å². The van der Waals surface area contributed by atoms with E-state index >= 15 is 0 Å². The first-order valence-corrected chi connectivity index (χ1v) is 11.0. The van der Waals surface area contributed by atoms with Gasteiger partial charge < -0.3 is 5.32 Å². The number of amides is 1. The molecule has 1 N–H and O–H groups in total. The normalized spacial score (nSPS) is 11.3. The molecule has 0 spiro atoms. The maximum Gasteiger partial charge on any atom is 0.252 e. The number of aromatic nitrogens is 7. The van der Waals surface area contributed by atoms with Crippen molar-refractivity contribution in [2.24, 2.45) is 0 Å². The smallest absolute Gasteiger partial charge is 0.252 e. The van der Waals surface area contributed by atoms with E-state index in [1.54, 1.807) is 23.4 Å². The molecule has 0 bridgehead atoms. The number of rotatable bonds is 6. The van der Waals surface area contributed by atoms with Crippen molar-refractivity contribution in [3.05, 3.63) is 84.2 Å². The van der Waals surface area contributed by atoms with Crippen molar-refractivity contribution in [1.29, 1.82) is 0 Å². The fraction of sp³-hybridized carbons (Fsp3) is 0.200. The molecule has 34 heavy (non-hydrogen) atoms. The Labute approximate surface area is 196 Å². The Kier molecular flexibility index (Phi) is 5.59. The Morgan fingerprint density at radius 1 is 1.12 bits per heavy atom. The largest absolute Gasteiger partial charge is 0.348 e. The van der Waals surface area contributed by atoms with E-state index in [1.165, 1.54) is 6.33 Å². The van der Waals surface area contributed by atoms with Gasteiger partial charge in [-0.05, 0) is 32.9 Å². The van der Waals surface area contributed by atoms with Gasteiger partial charge in [0.1, 0.15) is 12.7 Å². The van der Waals surface area contributed by atoms with Gasteiger partial charge >= 0.3 is 0 Å². The van der Waals surface area contributed by atoms with Crippen LogP contribution < -0.4 is 5.32 Å². The lowest BCUT2D eigenvalue weighted by atomic mass is 10.0. The number of benzene rings is 1. The zero-order valence-corrected chi connectivity index (χ0v) is 19.2. The minimum absolute atomic E-state index is 0.106. The molecule has 0 aliphatic rings. The summed E-state index contributed by atoms with van der Waals surface area (Å²) in [5.74, 6) is 0.408. The summed E-state index contributed by atoms with van der Waals surface area (Å²) < 4.78 is 3.42. The van der Waals surface area contributed by atoms with Crippen LogP contribution in [-0.4, -0.2) is 40.4 Å². The predicted molar refractivity (Wildman–Crippen MR) is 128 cm³/mol. The third-order valence-electron chi connectivity index (χ3n) is 5.59. The average molecular weight is 453 g/mol. The topological polar surface area (TPSA) is 103 Å². The number of pyridine rings is 2. The van der Waals surface area contributed by atoms with Crippen molar-refractivity contribution in [2.45, 2.75) is 33.4 Å². The lowest BCUT2D eigenvalue weighted by Crippen LogP contribution is -2.24. The van der Waals surface area contributed by atoms with Crippen LogP contribution in [0.2, 0.25) is 0 Å². The first-order valence-electron chi connectivity index (χ1n) is 11.0.